The van der Waals surface area contributed by atoms with E-state index < -0.39 is 21.2 Å². The minimum Gasteiger partial charge on any atom is -0.381 e. The van der Waals surface area contributed by atoms with E-state index in [4.69, 9.17) is 0 Å². The summed E-state index contributed by atoms with van der Waals surface area (Å²) >= 11 is 0. The molecular formula is C17H18N2O3S. The van der Waals surface area contributed by atoms with Crippen molar-refractivity contribution < 1.29 is 13.5 Å². The topological polar surface area (TPSA) is 80.2 Å². The highest BCUT2D eigenvalue weighted by Crippen LogP contribution is 2.21. The van der Waals surface area contributed by atoms with Crippen LogP contribution in [0.3, 0.4) is 0 Å². The lowest BCUT2D eigenvalue weighted by Gasteiger charge is -2.08. The van der Waals surface area contributed by atoms with Crippen LogP contribution in [0.25, 0.3) is 11.3 Å². The molecule has 0 fully saturated rings. The molecule has 0 saturated carbocycles. The van der Waals surface area contributed by atoms with E-state index in [1.807, 2.05) is 0 Å². The third-order valence-electron chi connectivity index (χ3n) is 3.14. The number of sulfone groups is 1. The Morgan fingerprint density at radius 2 is 1.74 bits per heavy atom. The number of aliphatic hydroxyl groups excluding tert-OH is 1. The third kappa shape index (κ3) is 4.15. The predicted molar refractivity (Wildman–Crippen MR) is 88.3 cm³/mol. The third-order valence-corrected chi connectivity index (χ3v) is 5.31. The van der Waals surface area contributed by atoms with Crippen molar-refractivity contribution in [1.29, 1.82) is 0 Å². The average Bonchev–Trinajstić information content (AvgIpc) is 2.53. The zero-order valence-corrected chi connectivity index (χ0v) is 14.0. The lowest BCUT2D eigenvalue weighted by atomic mass is 10.1. The van der Waals surface area contributed by atoms with E-state index in [0.717, 1.165) is 5.56 Å². The summed E-state index contributed by atoms with van der Waals surface area (Å²) in [6, 6.07) is 6.54. The van der Waals surface area contributed by atoms with Gasteiger partial charge in [-0.15, -0.1) is 0 Å². The molecule has 5 nitrogen and oxygen atoms in total. The van der Waals surface area contributed by atoms with Gasteiger partial charge in [-0.25, -0.2) is 13.4 Å². The summed E-state index contributed by atoms with van der Waals surface area (Å²) in [5.41, 5.74) is 1.79. The second-order valence-electron chi connectivity index (χ2n) is 5.35. The van der Waals surface area contributed by atoms with Gasteiger partial charge in [0, 0.05) is 5.56 Å². The molecule has 0 bridgehead atoms. The maximum atomic E-state index is 12.1. The van der Waals surface area contributed by atoms with E-state index in [-0.39, 0.29) is 4.90 Å². The standard InChI is InChI=1S/C17H18N2O3S/c1-12(2)23(21,22)16-8-5-14(6-9-16)17-11-18-10-15(19-17)7-4-13(3)20/h5-6,8-13,20H,1-3H3/t13-/m1/s1. The highest BCUT2D eigenvalue weighted by atomic mass is 32.2. The van der Waals surface area contributed by atoms with Gasteiger partial charge in [0.2, 0.25) is 0 Å². The fraction of sp³-hybridized carbons (Fsp3) is 0.294. The highest BCUT2D eigenvalue weighted by Gasteiger charge is 2.18. The van der Waals surface area contributed by atoms with E-state index in [0.29, 0.717) is 11.4 Å². The summed E-state index contributed by atoms with van der Waals surface area (Å²) in [5, 5.41) is 8.71. The molecule has 120 valence electrons. The normalized spacial score (nSPS) is 12.6. The smallest absolute Gasteiger partial charge is 0.180 e. The zero-order valence-electron chi connectivity index (χ0n) is 13.2. The van der Waals surface area contributed by atoms with Crippen molar-refractivity contribution in [1.82, 2.24) is 9.97 Å². The number of hydrogen-bond donors (Lipinski definition) is 1. The van der Waals surface area contributed by atoms with Crippen LogP contribution in [-0.2, 0) is 9.84 Å². The molecule has 2 aromatic rings. The largest absolute Gasteiger partial charge is 0.381 e. The van der Waals surface area contributed by atoms with Gasteiger partial charge >= 0.3 is 0 Å². The summed E-state index contributed by atoms with van der Waals surface area (Å²) in [5.74, 6) is 5.34. The summed E-state index contributed by atoms with van der Waals surface area (Å²) in [7, 11) is -3.29. The number of benzene rings is 1. The molecule has 0 radical (unpaired) electrons. The van der Waals surface area contributed by atoms with Crippen LogP contribution in [0.15, 0.2) is 41.6 Å². The van der Waals surface area contributed by atoms with Crippen molar-refractivity contribution in [2.24, 2.45) is 0 Å². The van der Waals surface area contributed by atoms with Crippen LogP contribution in [0.2, 0.25) is 0 Å². The van der Waals surface area contributed by atoms with Gasteiger partial charge in [-0.1, -0.05) is 18.1 Å². The summed E-state index contributed by atoms with van der Waals surface area (Å²) < 4.78 is 24.2. The SMILES string of the molecule is CC(C)S(=O)(=O)c1ccc(-c2cncc(C#C[C@@H](C)O)n2)cc1. The van der Waals surface area contributed by atoms with Gasteiger partial charge in [-0.2, -0.15) is 0 Å². The lowest BCUT2D eigenvalue weighted by Crippen LogP contribution is -2.13. The molecule has 1 N–H and O–H groups in total. The molecule has 0 spiro atoms. The molecule has 0 saturated heterocycles. The first-order valence-electron chi connectivity index (χ1n) is 7.16. The van der Waals surface area contributed by atoms with Crippen LogP contribution in [0.4, 0.5) is 0 Å². The zero-order chi connectivity index (χ0) is 17.0. The Balaban J connectivity index is 2.34. The molecule has 0 aliphatic carbocycles. The molecule has 2 rings (SSSR count). The Kier molecular flexibility index (Phi) is 5.14. The maximum absolute atomic E-state index is 12.1. The fourth-order valence-corrected chi connectivity index (χ4v) is 2.89. The Morgan fingerprint density at radius 1 is 1.09 bits per heavy atom. The van der Waals surface area contributed by atoms with E-state index >= 15 is 0 Å². The summed E-state index contributed by atoms with van der Waals surface area (Å²) in [6.45, 7) is 4.87. The molecule has 0 unspecified atom stereocenters. The molecule has 1 atom stereocenters. The van der Waals surface area contributed by atoms with Gasteiger partial charge < -0.3 is 5.11 Å². The van der Waals surface area contributed by atoms with E-state index in [1.165, 1.54) is 6.20 Å². The molecule has 1 heterocycles. The Labute approximate surface area is 136 Å². The van der Waals surface area contributed by atoms with Crippen molar-refractivity contribution in [2.75, 3.05) is 0 Å². The Morgan fingerprint density at radius 3 is 2.30 bits per heavy atom. The van der Waals surface area contributed by atoms with Crippen LogP contribution in [0.1, 0.15) is 26.5 Å². The number of rotatable bonds is 3. The Bertz CT molecular complexity index is 845. The fourth-order valence-electron chi connectivity index (χ4n) is 1.83. The number of nitrogens with zero attached hydrogens (tertiary/aromatic N) is 2. The van der Waals surface area contributed by atoms with Crippen molar-refractivity contribution >= 4 is 9.84 Å². The van der Waals surface area contributed by atoms with Gasteiger partial charge in [-0.3, -0.25) is 4.98 Å². The predicted octanol–water partition coefficient (Wildman–Crippen LogP) is 2.06. The second kappa shape index (κ2) is 6.90. The minimum atomic E-state index is -3.29. The molecule has 6 heteroatoms. The lowest BCUT2D eigenvalue weighted by molar-refractivity contribution is 0.253. The molecule has 23 heavy (non-hydrogen) atoms. The monoisotopic (exact) mass is 330 g/mol. The van der Waals surface area contributed by atoms with E-state index in [1.54, 1.807) is 51.2 Å². The van der Waals surface area contributed by atoms with E-state index in [9.17, 15) is 13.5 Å². The molecule has 0 aliphatic heterocycles. The minimum absolute atomic E-state index is 0.286. The molecule has 1 aromatic carbocycles. The van der Waals surface area contributed by atoms with Crippen molar-refractivity contribution in [3.05, 3.63) is 42.4 Å². The number of aliphatic hydroxyl groups is 1. The maximum Gasteiger partial charge on any atom is 0.180 e. The first kappa shape index (κ1) is 17.1. The van der Waals surface area contributed by atoms with Crippen molar-refractivity contribution in [2.45, 2.75) is 37.0 Å². The Hall–Kier alpha value is -2.23. The van der Waals surface area contributed by atoms with Gasteiger partial charge in [-0.05, 0) is 38.8 Å². The summed E-state index contributed by atoms with van der Waals surface area (Å²) in [4.78, 5) is 8.71. The van der Waals surface area contributed by atoms with Gasteiger partial charge in [0.15, 0.2) is 9.84 Å². The first-order chi connectivity index (χ1) is 10.8. The summed E-state index contributed by atoms with van der Waals surface area (Å²) in [6.07, 6.45) is 2.36. The number of aromatic nitrogens is 2. The molecule has 1 aromatic heterocycles. The molecule has 0 amide bonds. The highest BCUT2D eigenvalue weighted by molar-refractivity contribution is 7.92. The van der Waals surface area contributed by atoms with Gasteiger partial charge in [0.05, 0.1) is 28.2 Å². The van der Waals surface area contributed by atoms with Gasteiger partial charge in [0.25, 0.3) is 0 Å². The van der Waals surface area contributed by atoms with Gasteiger partial charge in [0.1, 0.15) is 11.8 Å². The number of hydrogen-bond acceptors (Lipinski definition) is 5. The van der Waals surface area contributed by atoms with Crippen molar-refractivity contribution in [3.8, 4) is 23.1 Å². The van der Waals surface area contributed by atoms with Crippen molar-refractivity contribution in [3.63, 3.8) is 0 Å². The van der Waals surface area contributed by atoms with Crippen LogP contribution in [-0.4, -0.2) is 34.8 Å². The molecule has 0 aliphatic rings. The average molecular weight is 330 g/mol. The van der Waals surface area contributed by atoms with Crippen LogP contribution >= 0.6 is 0 Å². The van der Waals surface area contributed by atoms with Crippen LogP contribution < -0.4 is 0 Å². The van der Waals surface area contributed by atoms with Crippen LogP contribution in [0.5, 0.6) is 0 Å². The molecular weight excluding hydrogens is 312 g/mol. The quantitative estimate of drug-likeness (QED) is 0.871. The van der Waals surface area contributed by atoms with E-state index in [2.05, 4.69) is 21.8 Å². The first-order valence-corrected chi connectivity index (χ1v) is 8.71. The van der Waals surface area contributed by atoms with Crippen LogP contribution in [0, 0.1) is 11.8 Å². The second-order valence-corrected chi connectivity index (χ2v) is 7.86.